The van der Waals surface area contributed by atoms with E-state index in [-0.39, 0.29) is 0 Å². The molecule has 1 fully saturated rings. The van der Waals surface area contributed by atoms with Gasteiger partial charge in [-0.2, -0.15) is 0 Å². The predicted octanol–water partition coefficient (Wildman–Crippen LogP) is 0.880. The summed E-state index contributed by atoms with van der Waals surface area (Å²) < 4.78 is 0. The number of nitrogens with one attached hydrogen (secondary N) is 2. The fourth-order valence-electron chi connectivity index (χ4n) is 0.772. The molecule has 0 heterocycles. The first-order chi connectivity index (χ1) is 4.66. The zero-order valence-corrected chi connectivity index (χ0v) is 7.35. The first-order valence-corrected chi connectivity index (χ1v) is 4.03. The van der Waals surface area contributed by atoms with Crippen LogP contribution in [0.5, 0.6) is 0 Å². The van der Waals surface area contributed by atoms with Crippen LogP contribution in [-0.4, -0.2) is 18.7 Å². The molecule has 0 unspecified atom stereocenters. The highest BCUT2D eigenvalue weighted by atomic mass is 32.1. The third kappa shape index (κ3) is 2.14. The summed E-state index contributed by atoms with van der Waals surface area (Å²) >= 11 is 4.93. The van der Waals surface area contributed by atoms with Gasteiger partial charge in [-0.25, -0.2) is 0 Å². The van der Waals surface area contributed by atoms with Gasteiger partial charge in [-0.3, -0.25) is 0 Å². The van der Waals surface area contributed by atoms with E-state index in [0.29, 0.717) is 5.41 Å². The molecule has 0 radical (unpaired) electrons. The molecule has 0 atom stereocenters. The molecule has 10 heavy (non-hydrogen) atoms. The molecule has 0 aliphatic heterocycles. The van der Waals surface area contributed by atoms with Crippen LogP contribution >= 0.6 is 12.2 Å². The Hall–Kier alpha value is -0.310. The maximum atomic E-state index is 4.93. The van der Waals surface area contributed by atoms with Gasteiger partial charge < -0.3 is 10.6 Å². The summed E-state index contributed by atoms with van der Waals surface area (Å²) in [5.41, 5.74) is 0.543. The molecule has 0 aromatic carbocycles. The lowest BCUT2D eigenvalue weighted by atomic mass is 10.1. The summed E-state index contributed by atoms with van der Waals surface area (Å²) in [7, 11) is 1.84. The lowest BCUT2D eigenvalue weighted by Gasteiger charge is -2.10. The van der Waals surface area contributed by atoms with Gasteiger partial charge in [0.15, 0.2) is 5.11 Å². The van der Waals surface area contributed by atoms with Gasteiger partial charge in [0, 0.05) is 13.6 Å². The van der Waals surface area contributed by atoms with Gasteiger partial charge in [-0.1, -0.05) is 6.92 Å². The average molecular weight is 158 g/mol. The second-order valence-corrected chi connectivity index (χ2v) is 3.65. The van der Waals surface area contributed by atoms with Crippen molar-refractivity contribution in [2.75, 3.05) is 13.6 Å². The third-order valence-corrected chi connectivity index (χ3v) is 2.35. The summed E-state index contributed by atoms with van der Waals surface area (Å²) in [4.78, 5) is 0. The Bertz CT molecular complexity index is 141. The Balaban J connectivity index is 2.10. The van der Waals surface area contributed by atoms with Crippen molar-refractivity contribution in [1.82, 2.24) is 10.6 Å². The molecular formula is C7H14N2S. The number of hydrogen-bond acceptors (Lipinski definition) is 1. The quantitative estimate of drug-likeness (QED) is 0.583. The molecule has 0 amide bonds. The lowest BCUT2D eigenvalue weighted by Crippen LogP contribution is -2.35. The van der Waals surface area contributed by atoms with Crippen LogP contribution in [0.2, 0.25) is 0 Å². The van der Waals surface area contributed by atoms with Crippen LogP contribution in [0, 0.1) is 5.41 Å². The number of rotatable bonds is 2. The van der Waals surface area contributed by atoms with Gasteiger partial charge in [0.1, 0.15) is 0 Å². The largest absolute Gasteiger partial charge is 0.366 e. The molecule has 0 aromatic rings. The van der Waals surface area contributed by atoms with E-state index in [1.165, 1.54) is 12.8 Å². The van der Waals surface area contributed by atoms with Crippen molar-refractivity contribution >= 4 is 17.3 Å². The maximum Gasteiger partial charge on any atom is 0.166 e. The Morgan fingerprint density at radius 1 is 1.60 bits per heavy atom. The van der Waals surface area contributed by atoms with E-state index in [0.717, 1.165) is 11.7 Å². The second-order valence-electron chi connectivity index (χ2n) is 3.24. The Kier molecular flexibility index (Phi) is 2.14. The highest BCUT2D eigenvalue weighted by molar-refractivity contribution is 7.80. The third-order valence-electron chi connectivity index (χ3n) is 2.01. The Labute approximate surface area is 67.4 Å². The molecule has 2 nitrogen and oxygen atoms in total. The second kappa shape index (κ2) is 2.74. The Morgan fingerprint density at radius 3 is 2.60 bits per heavy atom. The first-order valence-electron chi connectivity index (χ1n) is 3.62. The van der Waals surface area contributed by atoms with Crippen LogP contribution in [0.3, 0.4) is 0 Å². The van der Waals surface area contributed by atoms with E-state index in [1.54, 1.807) is 0 Å². The highest BCUT2D eigenvalue weighted by Gasteiger charge is 2.36. The molecule has 0 spiro atoms. The minimum atomic E-state index is 0.543. The maximum absolute atomic E-state index is 4.93. The van der Waals surface area contributed by atoms with E-state index >= 15 is 0 Å². The monoisotopic (exact) mass is 158 g/mol. The summed E-state index contributed by atoms with van der Waals surface area (Å²) in [5.74, 6) is 0. The van der Waals surface area contributed by atoms with Gasteiger partial charge in [-0.05, 0) is 30.5 Å². The molecule has 0 aromatic heterocycles. The van der Waals surface area contributed by atoms with Crippen molar-refractivity contribution in [1.29, 1.82) is 0 Å². The van der Waals surface area contributed by atoms with E-state index in [9.17, 15) is 0 Å². The van der Waals surface area contributed by atoms with Crippen molar-refractivity contribution in [2.45, 2.75) is 19.8 Å². The first kappa shape index (κ1) is 7.79. The standard InChI is InChI=1S/C7H14N2S/c1-7(3-4-7)5-9-6(10)8-2/h3-5H2,1-2H3,(H2,8,9,10). The van der Waals surface area contributed by atoms with Crippen molar-refractivity contribution in [2.24, 2.45) is 5.41 Å². The SMILES string of the molecule is CNC(=S)NCC1(C)CC1. The number of hydrogen-bond donors (Lipinski definition) is 2. The minimum Gasteiger partial charge on any atom is -0.366 e. The zero-order valence-electron chi connectivity index (χ0n) is 6.53. The van der Waals surface area contributed by atoms with E-state index < -0.39 is 0 Å². The van der Waals surface area contributed by atoms with Crippen LogP contribution in [0.4, 0.5) is 0 Å². The number of thiocarbonyl (C=S) groups is 1. The van der Waals surface area contributed by atoms with E-state index in [2.05, 4.69) is 17.6 Å². The molecule has 1 rings (SSSR count). The van der Waals surface area contributed by atoms with Crippen LogP contribution in [0.25, 0.3) is 0 Å². The molecule has 0 saturated heterocycles. The Morgan fingerprint density at radius 2 is 2.20 bits per heavy atom. The van der Waals surface area contributed by atoms with E-state index in [4.69, 9.17) is 12.2 Å². The molecule has 3 heteroatoms. The zero-order chi connectivity index (χ0) is 7.61. The van der Waals surface area contributed by atoms with Gasteiger partial charge in [0.25, 0.3) is 0 Å². The molecule has 1 saturated carbocycles. The molecule has 2 N–H and O–H groups in total. The van der Waals surface area contributed by atoms with Crippen LogP contribution in [0.15, 0.2) is 0 Å². The molecular weight excluding hydrogens is 144 g/mol. The highest BCUT2D eigenvalue weighted by Crippen LogP contribution is 2.43. The normalized spacial score (nSPS) is 19.8. The molecule has 1 aliphatic carbocycles. The predicted molar refractivity (Wildman–Crippen MR) is 47.0 cm³/mol. The summed E-state index contributed by atoms with van der Waals surface area (Å²) in [6.07, 6.45) is 2.68. The topological polar surface area (TPSA) is 24.1 Å². The lowest BCUT2D eigenvalue weighted by molar-refractivity contribution is 0.554. The fourth-order valence-corrected chi connectivity index (χ4v) is 0.844. The summed E-state index contributed by atoms with van der Waals surface area (Å²) in [6, 6.07) is 0. The smallest absolute Gasteiger partial charge is 0.166 e. The van der Waals surface area contributed by atoms with Crippen molar-refractivity contribution in [3.63, 3.8) is 0 Å². The van der Waals surface area contributed by atoms with E-state index in [1.807, 2.05) is 7.05 Å². The summed E-state index contributed by atoms with van der Waals surface area (Å²) in [6.45, 7) is 3.30. The van der Waals surface area contributed by atoms with Gasteiger partial charge in [-0.15, -0.1) is 0 Å². The van der Waals surface area contributed by atoms with Crippen molar-refractivity contribution in [3.05, 3.63) is 0 Å². The van der Waals surface area contributed by atoms with Crippen LogP contribution < -0.4 is 10.6 Å². The summed E-state index contributed by atoms with van der Waals surface area (Å²) in [5, 5.41) is 6.80. The fraction of sp³-hybridized carbons (Fsp3) is 0.857. The van der Waals surface area contributed by atoms with Crippen LogP contribution in [-0.2, 0) is 0 Å². The molecule has 58 valence electrons. The van der Waals surface area contributed by atoms with Gasteiger partial charge in [0.05, 0.1) is 0 Å². The van der Waals surface area contributed by atoms with Gasteiger partial charge in [0.2, 0.25) is 0 Å². The molecule has 0 bridgehead atoms. The van der Waals surface area contributed by atoms with Crippen molar-refractivity contribution < 1.29 is 0 Å². The van der Waals surface area contributed by atoms with Crippen molar-refractivity contribution in [3.8, 4) is 0 Å². The van der Waals surface area contributed by atoms with Gasteiger partial charge >= 0.3 is 0 Å². The average Bonchev–Trinajstić information content (AvgIpc) is 2.64. The van der Waals surface area contributed by atoms with Crippen LogP contribution in [0.1, 0.15) is 19.8 Å². The molecule has 1 aliphatic rings. The minimum absolute atomic E-state index is 0.543.